The van der Waals surface area contributed by atoms with Gasteiger partial charge in [0.2, 0.25) is 0 Å². The van der Waals surface area contributed by atoms with Crippen molar-refractivity contribution in [3.8, 4) is 5.75 Å². The van der Waals surface area contributed by atoms with Gasteiger partial charge in [0.25, 0.3) is 0 Å². The van der Waals surface area contributed by atoms with E-state index in [2.05, 4.69) is 37.6 Å². The molecule has 1 unspecified atom stereocenters. The molecule has 92 valence electrons. The number of nitrogens with zero attached hydrogens (tertiary/aromatic N) is 2. The van der Waals surface area contributed by atoms with Crippen molar-refractivity contribution in [3.63, 3.8) is 0 Å². The topological polar surface area (TPSA) is 38.6 Å². The normalized spacial score (nSPS) is 12.9. The zero-order valence-corrected chi connectivity index (χ0v) is 11.8. The zero-order valence-electron chi connectivity index (χ0n) is 10.2. The molecule has 1 atom stereocenters. The quantitative estimate of drug-likeness (QED) is 0.941. The maximum atomic E-state index is 5.24. The number of aromatic nitrogens is 2. The molecular formula is C12H16BrN3O. The Balaban J connectivity index is 2.47. The van der Waals surface area contributed by atoms with Crippen molar-refractivity contribution in [1.29, 1.82) is 0 Å². The van der Waals surface area contributed by atoms with E-state index in [1.54, 1.807) is 7.11 Å². The van der Waals surface area contributed by atoms with Crippen LogP contribution in [0.1, 0.15) is 12.7 Å². The highest BCUT2D eigenvalue weighted by molar-refractivity contribution is 9.10. The summed E-state index contributed by atoms with van der Waals surface area (Å²) in [6, 6.07) is 4.33. The monoisotopic (exact) mass is 297 g/mol. The number of hydrogen-bond acceptors (Lipinski definition) is 3. The van der Waals surface area contributed by atoms with Crippen LogP contribution in [-0.4, -0.2) is 29.6 Å². The van der Waals surface area contributed by atoms with Gasteiger partial charge in [0.05, 0.1) is 18.8 Å². The minimum absolute atomic E-state index is 0.388. The molecule has 0 aliphatic rings. The molecule has 0 fully saturated rings. The number of fused-ring (bicyclic) bond motifs is 1. The predicted molar refractivity (Wildman–Crippen MR) is 71.7 cm³/mol. The first-order valence-corrected chi connectivity index (χ1v) is 6.32. The SMILES string of the molecule is CNC(C)Cc1nc(Br)c2ccc(OC)cn12. The number of methoxy groups -OCH3 is 1. The molecule has 0 bridgehead atoms. The zero-order chi connectivity index (χ0) is 12.4. The minimum Gasteiger partial charge on any atom is -0.495 e. The summed E-state index contributed by atoms with van der Waals surface area (Å²) in [6.45, 7) is 2.13. The lowest BCUT2D eigenvalue weighted by Crippen LogP contribution is -2.24. The number of ether oxygens (including phenoxy) is 1. The van der Waals surface area contributed by atoms with Gasteiger partial charge in [-0.3, -0.25) is 4.40 Å². The second-order valence-corrected chi connectivity index (χ2v) is 4.79. The maximum Gasteiger partial charge on any atom is 0.135 e. The molecule has 0 radical (unpaired) electrons. The van der Waals surface area contributed by atoms with Crippen LogP contribution in [0.5, 0.6) is 5.75 Å². The van der Waals surface area contributed by atoms with Crippen LogP contribution in [0, 0.1) is 0 Å². The Kier molecular flexibility index (Phi) is 3.69. The van der Waals surface area contributed by atoms with Crippen LogP contribution < -0.4 is 10.1 Å². The van der Waals surface area contributed by atoms with E-state index in [9.17, 15) is 0 Å². The highest BCUT2D eigenvalue weighted by Crippen LogP contribution is 2.22. The van der Waals surface area contributed by atoms with Gasteiger partial charge in [-0.25, -0.2) is 4.98 Å². The smallest absolute Gasteiger partial charge is 0.135 e. The van der Waals surface area contributed by atoms with Crippen LogP contribution in [0.2, 0.25) is 0 Å². The Morgan fingerprint density at radius 2 is 2.29 bits per heavy atom. The number of rotatable bonds is 4. The molecular weight excluding hydrogens is 282 g/mol. The van der Waals surface area contributed by atoms with Gasteiger partial charge in [-0.2, -0.15) is 0 Å². The highest BCUT2D eigenvalue weighted by atomic mass is 79.9. The third-order valence-corrected chi connectivity index (χ3v) is 3.44. The van der Waals surface area contributed by atoms with Crippen molar-refractivity contribution in [1.82, 2.24) is 14.7 Å². The molecule has 2 heterocycles. The van der Waals surface area contributed by atoms with Crippen LogP contribution in [0.3, 0.4) is 0 Å². The van der Waals surface area contributed by atoms with Gasteiger partial charge in [0, 0.05) is 12.5 Å². The molecule has 0 saturated carbocycles. The lowest BCUT2D eigenvalue weighted by molar-refractivity contribution is 0.412. The number of hydrogen-bond donors (Lipinski definition) is 1. The van der Waals surface area contributed by atoms with Crippen molar-refractivity contribution in [2.75, 3.05) is 14.2 Å². The van der Waals surface area contributed by atoms with Crippen LogP contribution in [0.4, 0.5) is 0 Å². The van der Waals surface area contributed by atoms with Gasteiger partial charge in [0.1, 0.15) is 16.2 Å². The standard InChI is InChI=1S/C12H16BrN3O/c1-8(14-2)6-11-15-12(13)10-5-4-9(17-3)7-16(10)11/h4-5,7-8,14H,6H2,1-3H3. The molecule has 0 saturated heterocycles. The number of halogens is 1. The van der Waals surface area contributed by atoms with Crippen LogP contribution in [0.25, 0.3) is 5.52 Å². The van der Waals surface area contributed by atoms with Gasteiger partial charge in [-0.1, -0.05) is 0 Å². The van der Waals surface area contributed by atoms with Gasteiger partial charge in [-0.15, -0.1) is 0 Å². The van der Waals surface area contributed by atoms with Crippen molar-refractivity contribution >= 4 is 21.4 Å². The molecule has 0 aliphatic heterocycles. The van der Waals surface area contributed by atoms with Crippen molar-refractivity contribution in [3.05, 3.63) is 28.8 Å². The first-order valence-electron chi connectivity index (χ1n) is 5.53. The first-order chi connectivity index (χ1) is 8.15. The molecule has 5 heteroatoms. The molecule has 0 aliphatic carbocycles. The summed E-state index contributed by atoms with van der Waals surface area (Å²) in [6.07, 6.45) is 2.83. The molecule has 0 spiro atoms. The average Bonchev–Trinajstić information content (AvgIpc) is 2.65. The van der Waals surface area contributed by atoms with E-state index in [0.717, 1.165) is 28.1 Å². The number of nitrogens with one attached hydrogen (secondary N) is 1. The van der Waals surface area contributed by atoms with E-state index < -0.39 is 0 Å². The Hall–Kier alpha value is -1.07. The van der Waals surface area contributed by atoms with Gasteiger partial charge in [-0.05, 0) is 42.0 Å². The van der Waals surface area contributed by atoms with E-state index in [1.807, 2.05) is 25.4 Å². The molecule has 2 aromatic heterocycles. The molecule has 1 N–H and O–H groups in total. The Bertz CT molecular complexity index is 524. The number of imidazole rings is 1. The lowest BCUT2D eigenvalue weighted by Gasteiger charge is -2.09. The Labute approximate surface area is 109 Å². The predicted octanol–water partition coefficient (Wildman–Crippen LogP) is 2.26. The van der Waals surface area contributed by atoms with Crippen LogP contribution in [0.15, 0.2) is 22.9 Å². The van der Waals surface area contributed by atoms with E-state index >= 15 is 0 Å². The summed E-state index contributed by atoms with van der Waals surface area (Å²) >= 11 is 3.48. The fourth-order valence-electron chi connectivity index (χ4n) is 1.73. The van der Waals surface area contributed by atoms with E-state index in [0.29, 0.717) is 6.04 Å². The third-order valence-electron chi connectivity index (χ3n) is 2.86. The highest BCUT2D eigenvalue weighted by Gasteiger charge is 2.11. The first kappa shape index (κ1) is 12.4. The molecule has 0 amide bonds. The molecule has 4 nitrogen and oxygen atoms in total. The summed E-state index contributed by atoms with van der Waals surface area (Å²) < 4.78 is 8.18. The second-order valence-electron chi connectivity index (χ2n) is 4.04. The van der Waals surface area contributed by atoms with Gasteiger partial charge >= 0.3 is 0 Å². The van der Waals surface area contributed by atoms with Crippen molar-refractivity contribution in [2.24, 2.45) is 0 Å². The Morgan fingerprint density at radius 3 is 2.94 bits per heavy atom. The van der Waals surface area contributed by atoms with Gasteiger partial charge in [0.15, 0.2) is 0 Å². The summed E-state index contributed by atoms with van der Waals surface area (Å²) in [4.78, 5) is 4.54. The van der Waals surface area contributed by atoms with Gasteiger partial charge < -0.3 is 10.1 Å². The molecule has 2 rings (SSSR count). The van der Waals surface area contributed by atoms with E-state index in [-0.39, 0.29) is 0 Å². The lowest BCUT2D eigenvalue weighted by atomic mass is 10.2. The fraction of sp³-hybridized carbons (Fsp3) is 0.417. The van der Waals surface area contributed by atoms with Crippen molar-refractivity contribution in [2.45, 2.75) is 19.4 Å². The number of likely N-dealkylation sites (N-methyl/N-ethyl adjacent to an activating group) is 1. The summed E-state index contributed by atoms with van der Waals surface area (Å²) in [5.74, 6) is 1.85. The molecule has 2 aromatic rings. The molecule has 17 heavy (non-hydrogen) atoms. The van der Waals surface area contributed by atoms with Crippen molar-refractivity contribution < 1.29 is 4.74 Å². The maximum absolute atomic E-state index is 5.24. The van der Waals surface area contributed by atoms with Crippen LogP contribution >= 0.6 is 15.9 Å². The summed E-state index contributed by atoms with van der Waals surface area (Å²) in [7, 11) is 3.62. The minimum atomic E-state index is 0.388. The number of pyridine rings is 1. The fourth-order valence-corrected chi connectivity index (χ4v) is 2.26. The Morgan fingerprint density at radius 1 is 1.53 bits per heavy atom. The second kappa shape index (κ2) is 5.06. The van der Waals surface area contributed by atoms with Crippen LogP contribution in [-0.2, 0) is 6.42 Å². The van der Waals surface area contributed by atoms with E-state index in [4.69, 9.17) is 4.74 Å². The third kappa shape index (κ3) is 2.45. The average molecular weight is 298 g/mol. The largest absolute Gasteiger partial charge is 0.495 e. The summed E-state index contributed by atoms with van der Waals surface area (Å²) in [5, 5.41) is 3.22. The summed E-state index contributed by atoms with van der Waals surface area (Å²) in [5.41, 5.74) is 1.06. The van der Waals surface area contributed by atoms with E-state index in [1.165, 1.54) is 0 Å². The molecule has 0 aromatic carbocycles.